The fraction of sp³-hybridized carbons (Fsp3) is 0.368. The van der Waals surface area contributed by atoms with Crippen molar-refractivity contribution in [2.24, 2.45) is 0 Å². The lowest BCUT2D eigenvalue weighted by molar-refractivity contribution is 0.205. The summed E-state index contributed by atoms with van der Waals surface area (Å²) in [7, 11) is 3.44. The highest BCUT2D eigenvalue weighted by atomic mass is 16.5. The molecule has 3 rings (SSSR count). The van der Waals surface area contributed by atoms with Crippen molar-refractivity contribution in [1.82, 2.24) is 24.8 Å². The molecule has 0 saturated carbocycles. The fourth-order valence-electron chi connectivity index (χ4n) is 2.99. The normalized spacial score (nSPS) is 10.9. The SMILES string of the molecule is CCn1ccnc1CN(C)C(=O)NCCc1c[nH]c2ccc(OC)cc12. The molecule has 0 fully saturated rings. The van der Waals surface area contributed by atoms with Gasteiger partial charge in [0.05, 0.1) is 13.7 Å². The van der Waals surface area contributed by atoms with Crippen LogP contribution in [0.2, 0.25) is 0 Å². The van der Waals surface area contributed by atoms with Crippen molar-refractivity contribution in [3.63, 3.8) is 0 Å². The largest absolute Gasteiger partial charge is 0.497 e. The van der Waals surface area contributed by atoms with Gasteiger partial charge in [-0.2, -0.15) is 0 Å². The van der Waals surface area contributed by atoms with E-state index in [9.17, 15) is 4.79 Å². The molecule has 0 aliphatic rings. The zero-order chi connectivity index (χ0) is 18.5. The van der Waals surface area contributed by atoms with Crippen molar-refractivity contribution in [2.45, 2.75) is 26.4 Å². The molecule has 1 aromatic carbocycles. The van der Waals surface area contributed by atoms with Crippen molar-refractivity contribution in [2.75, 3.05) is 20.7 Å². The summed E-state index contributed by atoms with van der Waals surface area (Å²) in [6, 6.07) is 5.84. The van der Waals surface area contributed by atoms with Gasteiger partial charge >= 0.3 is 6.03 Å². The Morgan fingerprint density at radius 2 is 2.27 bits per heavy atom. The standard InChI is InChI=1S/C19H25N5O2/c1-4-24-10-9-20-18(24)13-23(2)19(25)21-8-7-14-12-22-17-6-5-15(26-3)11-16(14)17/h5-6,9-12,22H,4,7-8,13H2,1-3H3,(H,21,25). The van der Waals surface area contributed by atoms with Crippen molar-refractivity contribution >= 4 is 16.9 Å². The van der Waals surface area contributed by atoms with Crippen LogP contribution in [0, 0.1) is 0 Å². The number of carbonyl (C=O) groups is 1. The summed E-state index contributed by atoms with van der Waals surface area (Å²) in [6.45, 7) is 3.95. The minimum Gasteiger partial charge on any atom is -0.497 e. The third kappa shape index (κ3) is 3.82. The average Bonchev–Trinajstić information content (AvgIpc) is 3.27. The molecule has 0 radical (unpaired) electrons. The number of H-pyrrole nitrogens is 1. The zero-order valence-electron chi connectivity index (χ0n) is 15.5. The van der Waals surface area contributed by atoms with E-state index >= 15 is 0 Å². The predicted octanol–water partition coefficient (Wildman–Crippen LogP) is 2.78. The number of benzene rings is 1. The van der Waals surface area contributed by atoms with E-state index in [0.717, 1.165) is 41.0 Å². The number of rotatable bonds is 7. The topological polar surface area (TPSA) is 75.2 Å². The number of nitrogens with zero attached hydrogens (tertiary/aromatic N) is 3. The molecule has 26 heavy (non-hydrogen) atoms. The second-order valence-corrected chi connectivity index (χ2v) is 6.19. The van der Waals surface area contributed by atoms with Gasteiger partial charge in [-0.25, -0.2) is 9.78 Å². The van der Waals surface area contributed by atoms with E-state index in [0.29, 0.717) is 13.1 Å². The highest BCUT2D eigenvalue weighted by Gasteiger charge is 2.12. The van der Waals surface area contributed by atoms with Crippen molar-refractivity contribution in [3.8, 4) is 5.75 Å². The second-order valence-electron chi connectivity index (χ2n) is 6.19. The molecule has 3 aromatic rings. The second kappa shape index (κ2) is 7.95. The number of urea groups is 1. The van der Waals surface area contributed by atoms with Crippen LogP contribution in [0.1, 0.15) is 18.3 Å². The minimum absolute atomic E-state index is 0.104. The Labute approximate surface area is 153 Å². The van der Waals surface area contributed by atoms with Crippen LogP contribution in [-0.2, 0) is 19.5 Å². The Balaban J connectivity index is 1.55. The van der Waals surface area contributed by atoms with Gasteiger partial charge in [0.2, 0.25) is 0 Å². The molecule has 0 atom stereocenters. The van der Waals surface area contributed by atoms with Crippen LogP contribution in [0.3, 0.4) is 0 Å². The maximum absolute atomic E-state index is 12.3. The van der Waals surface area contributed by atoms with Crippen LogP contribution in [0.5, 0.6) is 5.75 Å². The van der Waals surface area contributed by atoms with Crippen LogP contribution in [-0.4, -0.2) is 46.2 Å². The monoisotopic (exact) mass is 355 g/mol. The molecule has 0 spiro atoms. The first-order valence-electron chi connectivity index (χ1n) is 8.75. The molecule has 138 valence electrons. The first kappa shape index (κ1) is 17.8. The number of nitrogens with one attached hydrogen (secondary N) is 2. The van der Waals surface area contributed by atoms with Crippen LogP contribution in [0.25, 0.3) is 10.9 Å². The van der Waals surface area contributed by atoms with Crippen LogP contribution >= 0.6 is 0 Å². The van der Waals surface area contributed by atoms with E-state index in [4.69, 9.17) is 4.74 Å². The van der Waals surface area contributed by atoms with E-state index in [2.05, 4.69) is 22.2 Å². The maximum atomic E-state index is 12.3. The lowest BCUT2D eigenvalue weighted by Gasteiger charge is -2.18. The number of carbonyl (C=O) groups excluding carboxylic acids is 1. The molecule has 0 unspecified atom stereocenters. The van der Waals surface area contributed by atoms with Crippen molar-refractivity contribution in [1.29, 1.82) is 0 Å². The highest BCUT2D eigenvalue weighted by molar-refractivity contribution is 5.84. The lowest BCUT2D eigenvalue weighted by Crippen LogP contribution is -2.38. The first-order valence-corrected chi connectivity index (χ1v) is 8.75. The predicted molar refractivity (Wildman–Crippen MR) is 101 cm³/mol. The van der Waals surface area contributed by atoms with Gasteiger partial charge in [0.15, 0.2) is 0 Å². The Hall–Kier alpha value is -2.96. The van der Waals surface area contributed by atoms with Gasteiger partial charge in [-0.3, -0.25) is 0 Å². The summed E-state index contributed by atoms with van der Waals surface area (Å²) in [4.78, 5) is 21.5. The molecule has 2 heterocycles. The smallest absolute Gasteiger partial charge is 0.317 e. The summed E-state index contributed by atoms with van der Waals surface area (Å²) < 4.78 is 7.32. The van der Waals surface area contributed by atoms with Gasteiger partial charge in [0.1, 0.15) is 11.6 Å². The number of amides is 2. The van der Waals surface area contributed by atoms with E-state index in [1.165, 1.54) is 0 Å². The number of hydrogen-bond acceptors (Lipinski definition) is 3. The summed E-state index contributed by atoms with van der Waals surface area (Å²) in [5.41, 5.74) is 2.22. The van der Waals surface area contributed by atoms with Gasteiger partial charge < -0.3 is 24.5 Å². The molecular weight excluding hydrogens is 330 g/mol. The van der Waals surface area contributed by atoms with Crippen molar-refractivity contribution in [3.05, 3.63) is 48.2 Å². The molecule has 7 heteroatoms. The molecular formula is C19H25N5O2. The Morgan fingerprint density at radius 1 is 1.42 bits per heavy atom. The third-order valence-corrected chi connectivity index (χ3v) is 4.51. The maximum Gasteiger partial charge on any atom is 0.317 e. The first-order chi connectivity index (χ1) is 12.6. The summed E-state index contributed by atoms with van der Waals surface area (Å²) >= 11 is 0. The molecule has 0 aliphatic heterocycles. The number of methoxy groups -OCH3 is 1. The Morgan fingerprint density at radius 3 is 3.04 bits per heavy atom. The molecule has 2 N–H and O–H groups in total. The number of aromatic amines is 1. The van der Waals surface area contributed by atoms with E-state index in [1.54, 1.807) is 25.3 Å². The highest BCUT2D eigenvalue weighted by Crippen LogP contribution is 2.23. The van der Waals surface area contributed by atoms with E-state index < -0.39 is 0 Å². The number of ether oxygens (including phenoxy) is 1. The van der Waals surface area contributed by atoms with Crippen LogP contribution in [0.4, 0.5) is 4.79 Å². The van der Waals surface area contributed by atoms with Gasteiger partial charge in [-0.1, -0.05) is 0 Å². The van der Waals surface area contributed by atoms with E-state index in [1.807, 2.05) is 35.2 Å². The fourth-order valence-corrected chi connectivity index (χ4v) is 2.99. The number of aryl methyl sites for hydroxylation is 1. The Bertz CT molecular complexity index is 883. The molecule has 2 amide bonds. The number of aromatic nitrogens is 3. The number of imidazole rings is 1. The average molecular weight is 355 g/mol. The summed E-state index contributed by atoms with van der Waals surface area (Å²) in [6.07, 6.45) is 6.41. The van der Waals surface area contributed by atoms with Crippen LogP contribution < -0.4 is 10.1 Å². The molecule has 7 nitrogen and oxygen atoms in total. The van der Waals surface area contributed by atoms with Crippen molar-refractivity contribution < 1.29 is 9.53 Å². The van der Waals surface area contributed by atoms with Gasteiger partial charge in [-0.15, -0.1) is 0 Å². The third-order valence-electron chi connectivity index (χ3n) is 4.51. The van der Waals surface area contributed by atoms with Gasteiger partial charge in [-0.05, 0) is 37.1 Å². The summed E-state index contributed by atoms with van der Waals surface area (Å²) in [5, 5.41) is 4.09. The molecule has 0 saturated heterocycles. The minimum atomic E-state index is -0.104. The summed E-state index contributed by atoms with van der Waals surface area (Å²) in [5.74, 6) is 1.71. The number of hydrogen-bond donors (Lipinski definition) is 2. The zero-order valence-corrected chi connectivity index (χ0v) is 15.5. The molecule has 2 aromatic heterocycles. The number of fused-ring (bicyclic) bond motifs is 1. The molecule has 0 bridgehead atoms. The van der Waals surface area contributed by atoms with Gasteiger partial charge in [0.25, 0.3) is 0 Å². The lowest BCUT2D eigenvalue weighted by atomic mass is 10.1. The molecule has 0 aliphatic carbocycles. The Kier molecular flexibility index (Phi) is 5.46. The quantitative estimate of drug-likeness (QED) is 0.684. The van der Waals surface area contributed by atoms with Gasteiger partial charge in [0, 0.05) is 49.6 Å². The van der Waals surface area contributed by atoms with E-state index in [-0.39, 0.29) is 6.03 Å². The van der Waals surface area contributed by atoms with Crippen LogP contribution in [0.15, 0.2) is 36.8 Å².